The van der Waals surface area contributed by atoms with Crippen molar-refractivity contribution in [3.05, 3.63) is 47.5 Å². The molecule has 0 unspecified atom stereocenters. The lowest BCUT2D eigenvalue weighted by molar-refractivity contribution is -0.107. The summed E-state index contributed by atoms with van der Waals surface area (Å²) in [5.74, 6) is 0. The van der Waals surface area contributed by atoms with E-state index in [0.29, 0.717) is 6.42 Å². The summed E-state index contributed by atoms with van der Waals surface area (Å²) in [5.41, 5.74) is 2.79. The van der Waals surface area contributed by atoms with Gasteiger partial charge in [-0.2, -0.15) is 0 Å². The van der Waals surface area contributed by atoms with E-state index in [1.165, 1.54) is 11.1 Å². The Morgan fingerprint density at radius 1 is 1.19 bits per heavy atom. The number of hydrogen-bond acceptors (Lipinski definition) is 1. The first-order chi connectivity index (χ1) is 7.83. The van der Waals surface area contributed by atoms with Crippen LogP contribution in [-0.4, -0.2) is 6.29 Å². The number of benzene rings is 1. The quantitative estimate of drug-likeness (QED) is 0.383. The summed E-state index contributed by atoms with van der Waals surface area (Å²) in [7, 11) is 0. The number of carbonyl (C=O) groups is 1. The molecule has 1 nitrogen and oxygen atoms in total. The van der Waals surface area contributed by atoms with Gasteiger partial charge in [0.2, 0.25) is 0 Å². The van der Waals surface area contributed by atoms with E-state index in [-0.39, 0.29) is 0 Å². The Morgan fingerprint density at radius 3 is 2.62 bits per heavy atom. The van der Waals surface area contributed by atoms with Crippen molar-refractivity contribution in [1.29, 1.82) is 0 Å². The van der Waals surface area contributed by atoms with E-state index in [9.17, 15) is 4.79 Å². The first-order valence-corrected chi connectivity index (χ1v) is 5.96. The van der Waals surface area contributed by atoms with E-state index in [0.717, 1.165) is 32.0 Å². The van der Waals surface area contributed by atoms with Crippen LogP contribution in [0.2, 0.25) is 0 Å². The van der Waals surface area contributed by atoms with Crippen molar-refractivity contribution < 1.29 is 4.79 Å². The number of unbranched alkanes of at least 4 members (excludes halogenated alkanes) is 1. The standard InChI is InChI=1S/C15H20O/c1-14(8-5-6-13-16)9-7-12-15-10-3-2-4-11-15/h2-4,9-11,13H,5-8,12H2,1H3. The smallest absolute Gasteiger partial charge is 0.120 e. The molecule has 0 fully saturated rings. The number of allylic oxidation sites excluding steroid dienone is 2. The molecule has 86 valence electrons. The average Bonchev–Trinajstić information content (AvgIpc) is 2.31. The Balaban J connectivity index is 2.23. The maximum atomic E-state index is 10.2. The third kappa shape index (κ3) is 5.50. The van der Waals surface area contributed by atoms with Gasteiger partial charge in [0.05, 0.1) is 0 Å². The monoisotopic (exact) mass is 216 g/mol. The van der Waals surface area contributed by atoms with Gasteiger partial charge in [0.25, 0.3) is 0 Å². The van der Waals surface area contributed by atoms with Crippen molar-refractivity contribution in [1.82, 2.24) is 0 Å². The first-order valence-electron chi connectivity index (χ1n) is 5.96. The number of carbonyl (C=O) groups excluding carboxylic acids is 1. The van der Waals surface area contributed by atoms with Gasteiger partial charge in [0.1, 0.15) is 6.29 Å². The number of rotatable bonds is 7. The van der Waals surface area contributed by atoms with Gasteiger partial charge in [-0.1, -0.05) is 42.0 Å². The Hall–Kier alpha value is -1.37. The van der Waals surface area contributed by atoms with Crippen molar-refractivity contribution in [3.8, 4) is 0 Å². The van der Waals surface area contributed by atoms with Gasteiger partial charge in [-0.3, -0.25) is 0 Å². The minimum atomic E-state index is 0.684. The molecule has 0 aromatic heterocycles. The summed E-state index contributed by atoms with van der Waals surface area (Å²) in [6.07, 6.45) is 8.20. The molecular weight excluding hydrogens is 196 g/mol. The largest absolute Gasteiger partial charge is 0.303 e. The summed E-state index contributed by atoms with van der Waals surface area (Å²) in [5, 5.41) is 0. The number of aryl methyl sites for hydroxylation is 1. The maximum Gasteiger partial charge on any atom is 0.120 e. The number of aldehydes is 1. The zero-order chi connectivity index (χ0) is 11.6. The molecule has 1 aromatic rings. The fraction of sp³-hybridized carbons (Fsp3) is 0.400. The van der Waals surface area contributed by atoms with Crippen LogP contribution in [0.15, 0.2) is 42.0 Å². The highest BCUT2D eigenvalue weighted by Gasteiger charge is 1.92. The summed E-state index contributed by atoms with van der Waals surface area (Å²) in [6, 6.07) is 10.5. The van der Waals surface area contributed by atoms with Crippen molar-refractivity contribution in [2.45, 2.75) is 39.0 Å². The van der Waals surface area contributed by atoms with Gasteiger partial charge < -0.3 is 4.79 Å². The van der Waals surface area contributed by atoms with Crippen LogP contribution < -0.4 is 0 Å². The van der Waals surface area contributed by atoms with E-state index in [1.807, 2.05) is 6.07 Å². The summed E-state index contributed by atoms with van der Waals surface area (Å²) >= 11 is 0. The van der Waals surface area contributed by atoms with E-state index >= 15 is 0 Å². The third-order valence-corrected chi connectivity index (χ3v) is 2.66. The summed E-state index contributed by atoms with van der Waals surface area (Å²) in [4.78, 5) is 10.2. The predicted octanol–water partition coefficient (Wildman–Crippen LogP) is 3.93. The fourth-order valence-corrected chi connectivity index (χ4v) is 1.70. The van der Waals surface area contributed by atoms with Crippen LogP contribution in [0.5, 0.6) is 0 Å². The molecule has 0 aliphatic heterocycles. The number of hydrogen-bond donors (Lipinski definition) is 0. The Bertz CT molecular complexity index is 325. The van der Waals surface area contributed by atoms with Crippen LogP contribution in [0.4, 0.5) is 0 Å². The molecule has 0 amide bonds. The van der Waals surface area contributed by atoms with Crippen molar-refractivity contribution >= 4 is 6.29 Å². The highest BCUT2D eigenvalue weighted by Crippen LogP contribution is 2.09. The van der Waals surface area contributed by atoms with E-state index in [2.05, 4.69) is 37.3 Å². The molecule has 0 radical (unpaired) electrons. The SMILES string of the molecule is CC(=CCCc1ccccc1)CCCC=O. The zero-order valence-corrected chi connectivity index (χ0v) is 9.99. The highest BCUT2D eigenvalue weighted by molar-refractivity contribution is 5.49. The molecule has 0 saturated heterocycles. The molecular formula is C15H20O. The lowest BCUT2D eigenvalue weighted by Crippen LogP contribution is -1.84. The van der Waals surface area contributed by atoms with Crippen LogP contribution >= 0.6 is 0 Å². The minimum Gasteiger partial charge on any atom is -0.303 e. The highest BCUT2D eigenvalue weighted by atomic mass is 16.1. The lowest BCUT2D eigenvalue weighted by Gasteiger charge is -2.00. The molecule has 0 aliphatic carbocycles. The van der Waals surface area contributed by atoms with Gasteiger partial charge in [-0.25, -0.2) is 0 Å². The molecule has 1 heteroatoms. The maximum absolute atomic E-state index is 10.2. The first kappa shape index (κ1) is 12.7. The molecule has 1 rings (SSSR count). The molecule has 0 bridgehead atoms. The van der Waals surface area contributed by atoms with Gasteiger partial charge in [-0.15, -0.1) is 0 Å². The van der Waals surface area contributed by atoms with Gasteiger partial charge in [0.15, 0.2) is 0 Å². The van der Waals surface area contributed by atoms with Crippen LogP contribution in [0.3, 0.4) is 0 Å². The average molecular weight is 216 g/mol. The topological polar surface area (TPSA) is 17.1 Å². The normalized spacial score (nSPS) is 11.4. The fourth-order valence-electron chi connectivity index (χ4n) is 1.70. The molecule has 1 aromatic carbocycles. The second kappa shape index (κ2) is 7.86. The Labute approximate surface area is 98.2 Å². The summed E-state index contributed by atoms with van der Waals surface area (Å²) in [6.45, 7) is 2.15. The molecule has 0 spiro atoms. The van der Waals surface area contributed by atoms with Crippen LogP contribution in [0, 0.1) is 0 Å². The lowest BCUT2D eigenvalue weighted by atomic mass is 10.1. The second-order valence-electron chi connectivity index (χ2n) is 4.13. The van der Waals surface area contributed by atoms with Crippen LogP contribution in [-0.2, 0) is 11.2 Å². The van der Waals surface area contributed by atoms with E-state index in [1.54, 1.807) is 0 Å². The molecule has 16 heavy (non-hydrogen) atoms. The van der Waals surface area contributed by atoms with Crippen LogP contribution in [0.1, 0.15) is 38.2 Å². The molecule has 0 atom stereocenters. The van der Waals surface area contributed by atoms with Gasteiger partial charge in [0, 0.05) is 6.42 Å². The molecule has 0 saturated carbocycles. The third-order valence-electron chi connectivity index (χ3n) is 2.66. The van der Waals surface area contributed by atoms with E-state index < -0.39 is 0 Å². The van der Waals surface area contributed by atoms with Crippen molar-refractivity contribution in [3.63, 3.8) is 0 Å². The zero-order valence-electron chi connectivity index (χ0n) is 9.99. The predicted molar refractivity (Wildman–Crippen MR) is 68.4 cm³/mol. The van der Waals surface area contributed by atoms with Gasteiger partial charge in [-0.05, 0) is 38.2 Å². The molecule has 0 aliphatic rings. The molecule has 0 heterocycles. The van der Waals surface area contributed by atoms with Crippen molar-refractivity contribution in [2.75, 3.05) is 0 Å². The Morgan fingerprint density at radius 2 is 1.94 bits per heavy atom. The summed E-state index contributed by atoms with van der Waals surface area (Å²) < 4.78 is 0. The Kier molecular flexibility index (Phi) is 6.24. The van der Waals surface area contributed by atoms with Gasteiger partial charge >= 0.3 is 0 Å². The molecule has 0 N–H and O–H groups in total. The second-order valence-corrected chi connectivity index (χ2v) is 4.13. The minimum absolute atomic E-state index is 0.684. The van der Waals surface area contributed by atoms with E-state index in [4.69, 9.17) is 0 Å². The van der Waals surface area contributed by atoms with Crippen molar-refractivity contribution in [2.24, 2.45) is 0 Å². The van der Waals surface area contributed by atoms with Crippen LogP contribution in [0.25, 0.3) is 0 Å².